The first-order valence-corrected chi connectivity index (χ1v) is 6.53. The first kappa shape index (κ1) is 13.6. The highest BCUT2D eigenvalue weighted by Gasteiger charge is 2.11. The summed E-state index contributed by atoms with van der Waals surface area (Å²) in [5.41, 5.74) is 2.70. The van der Waals surface area contributed by atoms with E-state index in [-0.39, 0.29) is 0 Å². The number of rotatable bonds is 5. The maximum Gasteiger partial charge on any atom is 0.130 e. The Balaban J connectivity index is 2.11. The van der Waals surface area contributed by atoms with Crippen molar-refractivity contribution in [2.45, 2.75) is 33.0 Å². The minimum Gasteiger partial charge on any atom is -0.487 e. The number of aliphatic hydroxyl groups excluding tert-OH is 1. The van der Waals surface area contributed by atoms with Gasteiger partial charge in [-0.1, -0.05) is 31.2 Å². The fourth-order valence-electron chi connectivity index (χ4n) is 1.94. The molecule has 0 radical (unpaired) electrons. The van der Waals surface area contributed by atoms with Gasteiger partial charge in [-0.25, -0.2) is 0 Å². The molecule has 0 spiro atoms. The molecule has 0 aliphatic heterocycles. The standard InChI is InChI=1S/C16H19NO2/c1-3-15(18)14-9-4-5-10-16(14)19-11-13-8-6-7-12(2)17-13/h4-10,15,18H,3,11H2,1-2H3/t15-/m1/s1. The molecule has 19 heavy (non-hydrogen) atoms. The molecular formula is C16H19NO2. The van der Waals surface area contributed by atoms with Crippen molar-refractivity contribution in [2.24, 2.45) is 0 Å². The van der Waals surface area contributed by atoms with Gasteiger partial charge in [-0.2, -0.15) is 0 Å². The lowest BCUT2D eigenvalue weighted by molar-refractivity contribution is 0.166. The lowest BCUT2D eigenvalue weighted by atomic mass is 10.1. The van der Waals surface area contributed by atoms with E-state index in [1.165, 1.54) is 0 Å². The third-order valence-corrected chi connectivity index (χ3v) is 2.99. The zero-order valence-corrected chi connectivity index (χ0v) is 11.3. The quantitative estimate of drug-likeness (QED) is 0.892. The summed E-state index contributed by atoms with van der Waals surface area (Å²) in [7, 11) is 0. The molecule has 3 nitrogen and oxygen atoms in total. The zero-order valence-electron chi connectivity index (χ0n) is 11.3. The summed E-state index contributed by atoms with van der Waals surface area (Å²) in [5.74, 6) is 0.722. The van der Waals surface area contributed by atoms with Crippen molar-refractivity contribution in [3.63, 3.8) is 0 Å². The lowest BCUT2D eigenvalue weighted by Crippen LogP contribution is -2.03. The summed E-state index contributed by atoms with van der Waals surface area (Å²) in [6.07, 6.45) is 0.185. The van der Waals surface area contributed by atoms with Gasteiger partial charge in [-0.15, -0.1) is 0 Å². The summed E-state index contributed by atoms with van der Waals surface area (Å²) < 4.78 is 5.78. The van der Waals surface area contributed by atoms with Crippen molar-refractivity contribution in [3.8, 4) is 5.75 Å². The summed E-state index contributed by atoms with van der Waals surface area (Å²) in [5, 5.41) is 9.96. The van der Waals surface area contributed by atoms with Crippen molar-refractivity contribution < 1.29 is 9.84 Å². The molecule has 100 valence electrons. The third kappa shape index (κ3) is 3.55. The number of para-hydroxylation sites is 1. The van der Waals surface area contributed by atoms with Crippen molar-refractivity contribution in [1.29, 1.82) is 0 Å². The highest BCUT2D eigenvalue weighted by Crippen LogP contribution is 2.27. The second kappa shape index (κ2) is 6.34. The monoisotopic (exact) mass is 257 g/mol. The van der Waals surface area contributed by atoms with E-state index in [1.54, 1.807) is 0 Å². The van der Waals surface area contributed by atoms with Crippen LogP contribution in [0.5, 0.6) is 5.75 Å². The number of hydrogen-bond donors (Lipinski definition) is 1. The van der Waals surface area contributed by atoms with E-state index in [0.717, 1.165) is 22.7 Å². The van der Waals surface area contributed by atoms with Gasteiger partial charge in [0.15, 0.2) is 0 Å². The minimum absolute atomic E-state index is 0.412. The van der Waals surface area contributed by atoms with Gasteiger partial charge in [0.05, 0.1) is 11.8 Å². The first-order chi connectivity index (χ1) is 9.20. The van der Waals surface area contributed by atoms with Gasteiger partial charge in [-0.3, -0.25) is 4.98 Å². The summed E-state index contributed by atoms with van der Waals surface area (Å²) in [6.45, 7) is 4.32. The van der Waals surface area contributed by atoms with E-state index in [9.17, 15) is 5.11 Å². The van der Waals surface area contributed by atoms with Crippen LogP contribution in [0.25, 0.3) is 0 Å². The van der Waals surface area contributed by atoms with Crippen LogP contribution in [0.1, 0.15) is 36.4 Å². The average Bonchev–Trinajstić information content (AvgIpc) is 2.45. The molecule has 1 aromatic heterocycles. The molecular weight excluding hydrogens is 238 g/mol. The van der Waals surface area contributed by atoms with Crippen LogP contribution in [0.4, 0.5) is 0 Å². The van der Waals surface area contributed by atoms with Crippen LogP contribution in [-0.2, 0) is 6.61 Å². The van der Waals surface area contributed by atoms with Crippen LogP contribution < -0.4 is 4.74 Å². The zero-order chi connectivity index (χ0) is 13.7. The third-order valence-electron chi connectivity index (χ3n) is 2.99. The highest BCUT2D eigenvalue weighted by molar-refractivity contribution is 5.35. The number of pyridine rings is 1. The number of aromatic nitrogens is 1. The fourth-order valence-corrected chi connectivity index (χ4v) is 1.94. The van der Waals surface area contributed by atoms with Crippen LogP contribution >= 0.6 is 0 Å². The van der Waals surface area contributed by atoms with E-state index < -0.39 is 6.10 Å². The predicted octanol–water partition coefficient (Wildman–Crippen LogP) is 3.41. The van der Waals surface area contributed by atoms with Crippen LogP contribution in [0, 0.1) is 6.92 Å². The maximum atomic E-state index is 9.96. The van der Waals surface area contributed by atoms with Gasteiger partial charge in [0.1, 0.15) is 12.4 Å². The van der Waals surface area contributed by atoms with Gasteiger partial charge in [0.2, 0.25) is 0 Å². The number of aryl methyl sites for hydroxylation is 1. The first-order valence-electron chi connectivity index (χ1n) is 6.53. The predicted molar refractivity (Wildman–Crippen MR) is 75.0 cm³/mol. The molecule has 2 rings (SSSR count). The molecule has 0 fully saturated rings. The van der Waals surface area contributed by atoms with Crippen molar-refractivity contribution >= 4 is 0 Å². The maximum absolute atomic E-state index is 9.96. The van der Waals surface area contributed by atoms with E-state index in [4.69, 9.17) is 4.74 Å². The molecule has 2 aromatic rings. The second-order valence-electron chi connectivity index (χ2n) is 4.52. The average molecular weight is 257 g/mol. The largest absolute Gasteiger partial charge is 0.487 e. The molecule has 0 saturated carbocycles. The number of hydrogen-bond acceptors (Lipinski definition) is 3. The molecule has 1 N–H and O–H groups in total. The van der Waals surface area contributed by atoms with Gasteiger partial charge < -0.3 is 9.84 Å². The molecule has 0 bridgehead atoms. The Labute approximate surface area is 113 Å². The number of aliphatic hydroxyl groups is 1. The molecule has 0 aliphatic carbocycles. The molecule has 0 unspecified atom stereocenters. The SMILES string of the molecule is CC[C@@H](O)c1ccccc1OCc1cccc(C)n1. The summed E-state index contributed by atoms with van der Waals surface area (Å²) in [6, 6.07) is 13.5. The van der Waals surface area contributed by atoms with E-state index >= 15 is 0 Å². The van der Waals surface area contributed by atoms with E-state index in [0.29, 0.717) is 13.0 Å². The van der Waals surface area contributed by atoms with Gasteiger partial charge in [-0.05, 0) is 31.5 Å². The normalized spacial score (nSPS) is 12.2. The molecule has 1 heterocycles. The van der Waals surface area contributed by atoms with Gasteiger partial charge in [0.25, 0.3) is 0 Å². The number of benzene rings is 1. The Morgan fingerprint density at radius 1 is 1.16 bits per heavy atom. The summed E-state index contributed by atoms with van der Waals surface area (Å²) in [4.78, 5) is 4.40. The Bertz CT molecular complexity index is 540. The second-order valence-corrected chi connectivity index (χ2v) is 4.52. The van der Waals surface area contributed by atoms with Crippen molar-refractivity contribution in [2.75, 3.05) is 0 Å². The van der Waals surface area contributed by atoms with Crippen molar-refractivity contribution in [3.05, 3.63) is 59.4 Å². The van der Waals surface area contributed by atoms with E-state index in [1.807, 2.05) is 56.3 Å². The molecule has 1 aromatic carbocycles. The summed E-state index contributed by atoms with van der Waals surface area (Å²) >= 11 is 0. The Morgan fingerprint density at radius 2 is 1.95 bits per heavy atom. The molecule has 1 atom stereocenters. The molecule has 0 amide bonds. The molecule has 3 heteroatoms. The number of ether oxygens (including phenoxy) is 1. The highest BCUT2D eigenvalue weighted by atomic mass is 16.5. The van der Waals surface area contributed by atoms with Gasteiger partial charge in [0, 0.05) is 11.3 Å². The van der Waals surface area contributed by atoms with Crippen LogP contribution in [-0.4, -0.2) is 10.1 Å². The Hall–Kier alpha value is -1.87. The minimum atomic E-state index is -0.485. The topological polar surface area (TPSA) is 42.4 Å². The Morgan fingerprint density at radius 3 is 2.68 bits per heavy atom. The lowest BCUT2D eigenvalue weighted by Gasteiger charge is -2.14. The molecule has 0 saturated heterocycles. The van der Waals surface area contributed by atoms with Crippen molar-refractivity contribution in [1.82, 2.24) is 4.98 Å². The van der Waals surface area contributed by atoms with Crippen LogP contribution in [0.15, 0.2) is 42.5 Å². The smallest absolute Gasteiger partial charge is 0.130 e. The van der Waals surface area contributed by atoms with Gasteiger partial charge >= 0.3 is 0 Å². The van der Waals surface area contributed by atoms with Crippen LogP contribution in [0.3, 0.4) is 0 Å². The Kier molecular flexibility index (Phi) is 4.53. The van der Waals surface area contributed by atoms with E-state index in [2.05, 4.69) is 4.98 Å². The van der Waals surface area contributed by atoms with Crippen LogP contribution in [0.2, 0.25) is 0 Å². The fraction of sp³-hybridized carbons (Fsp3) is 0.312. The molecule has 0 aliphatic rings. The number of nitrogens with zero attached hydrogens (tertiary/aromatic N) is 1.